The molecule has 1 N–H and O–H groups in total. The molecule has 5 nitrogen and oxygen atoms in total. The molecular weight excluding hydrogens is 254 g/mol. The van der Waals surface area contributed by atoms with Crippen molar-refractivity contribution >= 4 is 11.7 Å². The van der Waals surface area contributed by atoms with Crippen LogP contribution in [0.5, 0.6) is 5.75 Å². The molecule has 0 bridgehead atoms. The van der Waals surface area contributed by atoms with Gasteiger partial charge in [0.2, 0.25) is 5.91 Å². The molecule has 20 heavy (non-hydrogen) atoms. The third kappa shape index (κ3) is 5.07. The highest BCUT2D eigenvalue weighted by Gasteiger charge is 2.10. The molecule has 0 aromatic carbocycles. The van der Waals surface area contributed by atoms with Crippen LogP contribution >= 0.6 is 0 Å². The molecular formula is C15H25N3O2. The van der Waals surface area contributed by atoms with Crippen molar-refractivity contribution in [1.82, 2.24) is 9.88 Å². The number of carbonyl (C=O) groups is 1. The number of carbonyl (C=O) groups excluding carboxylic acids is 1. The molecule has 0 saturated heterocycles. The monoisotopic (exact) mass is 279 g/mol. The number of pyridine rings is 1. The second kappa shape index (κ2) is 9.18. The summed E-state index contributed by atoms with van der Waals surface area (Å²) < 4.78 is 5.61. The molecule has 0 aliphatic rings. The van der Waals surface area contributed by atoms with Crippen LogP contribution in [0.3, 0.4) is 0 Å². The Labute approximate surface area is 121 Å². The van der Waals surface area contributed by atoms with Gasteiger partial charge in [0.1, 0.15) is 0 Å². The van der Waals surface area contributed by atoms with Crippen LogP contribution in [0, 0.1) is 0 Å². The van der Waals surface area contributed by atoms with Gasteiger partial charge in [-0.1, -0.05) is 6.92 Å². The Morgan fingerprint density at radius 3 is 2.75 bits per heavy atom. The van der Waals surface area contributed by atoms with Crippen molar-refractivity contribution in [2.45, 2.75) is 33.6 Å². The van der Waals surface area contributed by atoms with Gasteiger partial charge in [0.25, 0.3) is 0 Å². The molecule has 1 aromatic heterocycles. The van der Waals surface area contributed by atoms with Gasteiger partial charge in [0.15, 0.2) is 11.6 Å². The van der Waals surface area contributed by atoms with E-state index in [4.69, 9.17) is 4.74 Å². The van der Waals surface area contributed by atoms with E-state index in [9.17, 15) is 4.79 Å². The Balaban J connectivity index is 2.47. The van der Waals surface area contributed by atoms with E-state index in [1.54, 1.807) is 6.20 Å². The summed E-state index contributed by atoms with van der Waals surface area (Å²) in [5.74, 6) is 1.60. The molecule has 0 aliphatic heterocycles. The van der Waals surface area contributed by atoms with Gasteiger partial charge in [0, 0.05) is 32.3 Å². The van der Waals surface area contributed by atoms with Crippen LogP contribution in [0.25, 0.3) is 0 Å². The highest BCUT2D eigenvalue weighted by Crippen LogP contribution is 2.20. The quantitative estimate of drug-likeness (QED) is 0.754. The third-order valence-electron chi connectivity index (χ3n) is 2.98. The average Bonchev–Trinajstić information content (AvgIpc) is 2.47. The maximum atomic E-state index is 11.9. The molecule has 0 aliphatic carbocycles. The third-order valence-corrected chi connectivity index (χ3v) is 2.98. The molecule has 1 amide bonds. The summed E-state index contributed by atoms with van der Waals surface area (Å²) in [5.41, 5.74) is 0. The predicted molar refractivity (Wildman–Crippen MR) is 81.1 cm³/mol. The first-order chi connectivity index (χ1) is 9.72. The van der Waals surface area contributed by atoms with Crippen molar-refractivity contribution in [3.05, 3.63) is 18.3 Å². The van der Waals surface area contributed by atoms with E-state index in [0.29, 0.717) is 25.4 Å². The van der Waals surface area contributed by atoms with Gasteiger partial charge in [-0.3, -0.25) is 4.79 Å². The standard InChI is InChI=1S/C15H25N3O2/c1-4-12-20-13-8-7-10-16-15(13)17-11-9-14(19)18(5-2)6-3/h7-8,10H,4-6,9,11-12H2,1-3H3,(H,16,17). The van der Waals surface area contributed by atoms with Crippen molar-refractivity contribution in [1.29, 1.82) is 0 Å². The highest BCUT2D eigenvalue weighted by molar-refractivity contribution is 5.76. The summed E-state index contributed by atoms with van der Waals surface area (Å²) in [7, 11) is 0. The largest absolute Gasteiger partial charge is 0.490 e. The lowest BCUT2D eigenvalue weighted by Crippen LogP contribution is -2.31. The number of hydrogen-bond donors (Lipinski definition) is 1. The fraction of sp³-hybridized carbons (Fsp3) is 0.600. The van der Waals surface area contributed by atoms with Gasteiger partial charge < -0.3 is 15.0 Å². The van der Waals surface area contributed by atoms with Crippen molar-refractivity contribution in [3.8, 4) is 5.75 Å². The van der Waals surface area contributed by atoms with Crippen molar-refractivity contribution in [2.75, 3.05) is 31.6 Å². The lowest BCUT2D eigenvalue weighted by Gasteiger charge is -2.19. The molecule has 0 saturated carbocycles. The summed E-state index contributed by atoms with van der Waals surface area (Å²) >= 11 is 0. The SMILES string of the molecule is CCCOc1cccnc1NCCC(=O)N(CC)CC. The van der Waals surface area contributed by atoms with E-state index in [-0.39, 0.29) is 5.91 Å². The number of nitrogens with one attached hydrogen (secondary N) is 1. The van der Waals surface area contributed by atoms with Crippen LogP contribution in [-0.2, 0) is 4.79 Å². The minimum atomic E-state index is 0.162. The van der Waals surface area contributed by atoms with Crippen LogP contribution < -0.4 is 10.1 Å². The molecule has 0 spiro atoms. The first kappa shape index (κ1) is 16.3. The number of hydrogen-bond acceptors (Lipinski definition) is 4. The number of nitrogens with zero attached hydrogens (tertiary/aromatic N) is 2. The van der Waals surface area contributed by atoms with Gasteiger partial charge in [-0.25, -0.2) is 4.98 Å². The van der Waals surface area contributed by atoms with Gasteiger partial charge in [-0.15, -0.1) is 0 Å². The van der Waals surface area contributed by atoms with E-state index >= 15 is 0 Å². The second-order valence-corrected chi connectivity index (χ2v) is 4.44. The van der Waals surface area contributed by atoms with Gasteiger partial charge in [-0.2, -0.15) is 0 Å². The van der Waals surface area contributed by atoms with Crippen LogP contribution in [0.2, 0.25) is 0 Å². The number of aromatic nitrogens is 1. The Kier molecular flexibility index (Phi) is 7.47. The van der Waals surface area contributed by atoms with E-state index in [1.807, 2.05) is 30.9 Å². The molecule has 0 fully saturated rings. The Bertz CT molecular complexity index is 406. The maximum absolute atomic E-state index is 11.9. The van der Waals surface area contributed by atoms with Crippen LogP contribution in [0.1, 0.15) is 33.6 Å². The summed E-state index contributed by atoms with van der Waals surface area (Å²) in [6, 6.07) is 3.73. The Morgan fingerprint density at radius 1 is 1.35 bits per heavy atom. The fourth-order valence-electron chi connectivity index (χ4n) is 1.87. The molecule has 1 aromatic rings. The van der Waals surface area contributed by atoms with Gasteiger partial charge in [0.05, 0.1) is 6.61 Å². The zero-order valence-electron chi connectivity index (χ0n) is 12.7. The van der Waals surface area contributed by atoms with E-state index in [0.717, 1.165) is 25.3 Å². The summed E-state index contributed by atoms with van der Waals surface area (Å²) in [6.45, 7) is 8.78. The van der Waals surface area contributed by atoms with Crippen molar-refractivity contribution < 1.29 is 9.53 Å². The fourth-order valence-corrected chi connectivity index (χ4v) is 1.87. The number of ether oxygens (including phenoxy) is 1. The first-order valence-corrected chi connectivity index (χ1v) is 7.32. The predicted octanol–water partition coefficient (Wildman–Crippen LogP) is 2.54. The van der Waals surface area contributed by atoms with Crippen molar-refractivity contribution in [2.24, 2.45) is 0 Å². The molecule has 112 valence electrons. The van der Waals surface area contributed by atoms with E-state index < -0.39 is 0 Å². The number of rotatable bonds is 9. The molecule has 1 heterocycles. The maximum Gasteiger partial charge on any atom is 0.224 e. The number of anilines is 1. The smallest absolute Gasteiger partial charge is 0.224 e. The highest BCUT2D eigenvalue weighted by atomic mass is 16.5. The minimum Gasteiger partial charge on any atom is -0.490 e. The average molecular weight is 279 g/mol. The van der Waals surface area contributed by atoms with Crippen LogP contribution in [-0.4, -0.2) is 42.0 Å². The molecule has 1 rings (SSSR count). The normalized spacial score (nSPS) is 10.2. The second-order valence-electron chi connectivity index (χ2n) is 4.44. The first-order valence-electron chi connectivity index (χ1n) is 7.32. The van der Waals surface area contributed by atoms with Crippen LogP contribution in [0.15, 0.2) is 18.3 Å². The Hall–Kier alpha value is -1.78. The zero-order chi connectivity index (χ0) is 14.8. The number of amides is 1. The minimum absolute atomic E-state index is 0.162. The Morgan fingerprint density at radius 2 is 2.10 bits per heavy atom. The van der Waals surface area contributed by atoms with E-state index in [2.05, 4.69) is 17.2 Å². The molecule has 0 radical (unpaired) electrons. The molecule has 0 unspecified atom stereocenters. The van der Waals surface area contributed by atoms with Gasteiger partial charge in [-0.05, 0) is 32.4 Å². The van der Waals surface area contributed by atoms with Crippen molar-refractivity contribution in [3.63, 3.8) is 0 Å². The van der Waals surface area contributed by atoms with E-state index in [1.165, 1.54) is 0 Å². The zero-order valence-corrected chi connectivity index (χ0v) is 12.7. The topological polar surface area (TPSA) is 54.5 Å². The summed E-state index contributed by atoms with van der Waals surface area (Å²) in [6.07, 6.45) is 3.13. The summed E-state index contributed by atoms with van der Waals surface area (Å²) in [5, 5.41) is 3.17. The molecule has 5 heteroatoms. The lowest BCUT2D eigenvalue weighted by molar-refractivity contribution is -0.130. The lowest BCUT2D eigenvalue weighted by atomic mass is 10.3. The van der Waals surface area contributed by atoms with Crippen LogP contribution in [0.4, 0.5) is 5.82 Å². The summed E-state index contributed by atoms with van der Waals surface area (Å²) in [4.78, 5) is 18.0. The molecule has 0 atom stereocenters. The van der Waals surface area contributed by atoms with Gasteiger partial charge >= 0.3 is 0 Å².